The zero-order chi connectivity index (χ0) is 20.1. The first-order valence-electron chi connectivity index (χ1n) is 8.97. The summed E-state index contributed by atoms with van der Waals surface area (Å²) in [6.45, 7) is 6.49. The number of nitrogens with zero attached hydrogens (tertiary/aromatic N) is 3. The minimum atomic E-state index is -0.266. The van der Waals surface area contributed by atoms with Crippen molar-refractivity contribution < 1.29 is 4.39 Å². The summed E-state index contributed by atoms with van der Waals surface area (Å²) < 4.78 is 17.7. The van der Waals surface area contributed by atoms with E-state index < -0.39 is 0 Å². The fourth-order valence-corrected chi connectivity index (χ4v) is 3.88. The molecule has 0 saturated carbocycles. The van der Waals surface area contributed by atoms with Gasteiger partial charge in [-0.25, -0.2) is 4.39 Å². The molecule has 0 aliphatic rings. The molecule has 27 heavy (non-hydrogen) atoms. The van der Waals surface area contributed by atoms with Crippen LogP contribution in [0.3, 0.4) is 0 Å². The maximum absolute atomic E-state index is 13.9. The van der Waals surface area contributed by atoms with Crippen molar-refractivity contribution in [1.29, 1.82) is 0 Å². The van der Waals surface area contributed by atoms with Gasteiger partial charge in [0.15, 0.2) is 0 Å². The molecule has 0 unspecified atom stereocenters. The Morgan fingerprint density at radius 2 is 2.11 bits per heavy atom. The highest BCUT2D eigenvalue weighted by atomic mass is 35.5. The molecule has 0 fully saturated rings. The molecule has 2 aromatic rings. The molecule has 7 heteroatoms. The summed E-state index contributed by atoms with van der Waals surface area (Å²) in [6, 6.07) is 6.14. The number of aromatic nitrogens is 2. The van der Waals surface area contributed by atoms with Crippen molar-refractivity contribution in [3.05, 3.63) is 57.6 Å². The quantitative estimate of drug-likeness (QED) is 0.626. The van der Waals surface area contributed by atoms with Crippen LogP contribution in [0.15, 0.2) is 35.0 Å². The van der Waals surface area contributed by atoms with Gasteiger partial charge in [-0.3, -0.25) is 8.99 Å². The summed E-state index contributed by atoms with van der Waals surface area (Å²) in [4.78, 5) is 1.02. The third kappa shape index (κ3) is 5.82. The highest BCUT2D eigenvalue weighted by Gasteiger charge is 2.18. The van der Waals surface area contributed by atoms with E-state index in [1.54, 1.807) is 16.6 Å². The second kappa shape index (κ2) is 9.73. The van der Waals surface area contributed by atoms with E-state index in [0.717, 1.165) is 32.4 Å². The first-order valence-corrected chi connectivity index (χ1v) is 10.1. The molecule has 148 valence electrons. The molecular formula is C20H28ClFN4S. The predicted octanol–water partition coefficient (Wildman–Crippen LogP) is 4.94. The Balaban J connectivity index is 2.33. The number of allylic oxidation sites excluding steroid dienone is 1. The maximum atomic E-state index is 13.9. The van der Waals surface area contributed by atoms with Gasteiger partial charge < -0.3 is 5.73 Å². The maximum Gasteiger partial charge on any atom is 0.119 e. The topological polar surface area (TPSA) is 47.1 Å². The lowest BCUT2D eigenvalue weighted by molar-refractivity contribution is 0.514. The molecule has 0 aliphatic heterocycles. The number of hydrogen-bond acceptors (Lipinski definition) is 4. The minimum Gasteiger partial charge on any atom is -0.327 e. The van der Waals surface area contributed by atoms with Gasteiger partial charge in [-0.15, -0.1) is 0 Å². The smallest absolute Gasteiger partial charge is 0.119 e. The van der Waals surface area contributed by atoms with Gasteiger partial charge in [-0.2, -0.15) is 5.10 Å². The van der Waals surface area contributed by atoms with E-state index in [1.807, 2.05) is 37.5 Å². The van der Waals surface area contributed by atoms with E-state index >= 15 is 0 Å². The third-order valence-corrected chi connectivity index (χ3v) is 5.55. The van der Waals surface area contributed by atoms with Crippen LogP contribution in [0, 0.1) is 6.92 Å². The largest absolute Gasteiger partial charge is 0.327 e. The summed E-state index contributed by atoms with van der Waals surface area (Å²) in [7, 11) is 3.97. The van der Waals surface area contributed by atoms with E-state index in [2.05, 4.69) is 25.0 Å². The highest BCUT2D eigenvalue weighted by molar-refractivity contribution is 7.97. The second-order valence-electron chi connectivity index (χ2n) is 6.99. The molecular weight excluding hydrogens is 383 g/mol. The van der Waals surface area contributed by atoms with Crippen molar-refractivity contribution in [3.63, 3.8) is 0 Å². The van der Waals surface area contributed by atoms with Gasteiger partial charge in [0.25, 0.3) is 0 Å². The predicted molar refractivity (Wildman–Crippen MR) is 113 cm³/mol. The monoisotopic (exact) mass is 410 g/mol. The zero-order valence-electron chi connectivity index (χ0n) is 16.6. The summed E-state index contributed by atoms with van der Waals surface area (Å²) in [5, 5.41) is 5.39. The van der Waals surface area contributed by atoms with Crippen LogP contribution in [0.2, 0.25) is 5.02 Å². The van der Waals surface area contributed by atoms with Gasteiger partial charge in [0, 0.05) is 29.1 Å². The van der Waals surface area contributed by atoms with Crippen molar-refractivity contribution in [2.24, 2.45) is 5.73 Å². The lowest BCUT2D eigenvalue weighted by Gasteiger charge is -2.12. The van der Waals surface area contributed by atoms with Crippen LogP contribution in [0.4, 0.5) is 4.39 Å². The Morgan fingerprint density at radius 3 is 2.67 bits per heavy atom. The first-order chi connectivity index (χ1) is 12.7. The van der Waals surface area contributed by atoms with Gasteiger partial charge in [0.1, 0.15) is 5.83 Å². The van der Waals surface area contributed by atoms with Crippen LogP contribution in [0.1, 0.15) is 42.3 Å². The van der Waals surface area contributed by atoms with Crippen LogP contribution in [-0.2, 0) is 13.0 Å². The fourth-order valence-electron chi connectivity index (χ4n) is 2.91. The van der Waals surface area contributed by atoms with Gasteiger partial charge >= 0.3 is 0 Å². The number of nitrogens with two attached hydrogens (primary N) is 1. The Bertz CT molecular complexity index is 815. The SMILES string of the molecule is Cc1c(Cc2ccc(SN(C)C)c(Cl)c2)c(C(C)C)nn1C/C(F)=C/CN. The standard InChI is InChI=1S/C20H28ClFN4S/c1-13(2)20-17(14(3)26(24-20)12-16(22)8-9-23)10-15-6-7-19(18(21)11-15)27-25(4)5/h6-8,11,13H,9-10,12,23H2,1-5H3/b16-8-. The highest BCUT2D eigenvalue weighted by Crippen LogP contribution is 2.31. The number of rotatable bonds is 8. The average Bonchev–Trinajstić information content (AvgIpc) is 2.87. The summed E-state index contributed by atoms with van der Waals surface area (Å²) >= 11 is 8.05. The van der Waals surface area contributed by atoms with E-state index in [1.165, 1.54) is 6.08 Å². The van der Waals surface area contributed by atoms with Crippen LogP contribution >= 0.6 is 23.5 Å². The molecule has 0 amide bonds. The Hall–Kier alpha value is -1.34. The number of halogens is 2. The molecule has 0 atom stereocenters. The molecule has 4 nitrogen and oxygen atoms in total. The summed E-state index contributed by atoms with van der Waals surface area (Å²) in [5.41, 5.74) is 9.62. The van der Waals surface area contributed by atoms with Gasteiger partial charge in [0.2, 0.25) is 0 Å². The summed E-state index contributed by atoms with van der Waals surface area (Å²) in [6.07, 6.45) is 2.10. The van der Waals surface area contributed by atoms with Crippen LogP contribution < -0.4 is 5.73 Å². The van der Waals surface area contributed by atoms with Crippen molar-refractivity contribution in [2.75, 3.05) is 20.6 Å². The molecule has 0 spiro atoms. The molecule has 0 saturated heterocycles. The number of hydrogen-bond donors (Lipinski definition) is 1. The Labute approximate surface area is 170 Å². The first kappa shape index (κ1) is 22.0. The molecule has 0 aliphatic carbocycles. The van der Waals surface area contributed by atoms with Gasteiger partial charge in [-0.05, 0) is 62.7 Å². The van der Waals surface area contributed by atoms with E-state index in [9.17, 15) is 4.39 Å². The molecule has 1 aromatic carbocycles. The van der Waals surface area contributed by atoms with Crippen LogP contribution in [-0.4, -0.2) is 34.7 Å². The summed E-state index contributed by atoms with van der Waals surface area (Å²) in [5.74, 6) is -0.0152. The van der Waals surface area contributed by atoms with Gasteiger partial charge in [-0.1, -0.05) is 31.5 Å². The number of benzene rings is 1. The molecule has 0 bridgehead atoms. The van der Waals surface area contributed by atoms with Crippen molar-refractivity contribution in [3.8, 4) is 0 Å². The van der Waals surface area contributed by atoms with E-state index in [-0.39, 0.29) is 24.8 Å². The Kier molecular flexibility index (Phi) is 7.91. The fraction of sp³-hybridized carbons (Fsp3) is 0.450. The zero-order valence-corrected chi connectivity index (χ0v) is 18.2. The molecule has 2 N–H and O–H groups in total. The normalized spacial score (nSPS) is 12.4. The van der Waals surface area contributed by atoms with Crippen molar-refractivity contribution in [1.82, 2.24) is 14.1 Å². The third-order valence-electron chi connectivity index (χ3n) is 4.21. The average molecular weight is 411 g/mol. The van der Waals surface area contributed by atoms with Crippen LogP contribution in [0.25, 0.3) is 0 Å². The van der Waals surface area contributed by atoms with E-state index in [4.69, 9.17) is 17.3 Å². The second-order valence-corrected chi connectivity index (χ2v) is 8.75. The van der Waals surface area contributed by atoms with Crippen LogP contribution in [0.5, 0.6) is 0 Å². The molecule has 1 heterocycles. The van der Waals surface area contributed by atoms with Gasteiger partial charge in [0.05, 0.1) is 17.3 Å². The molecule has 1 aromatic heterocycles. The minimum absolute atomic E-state index is 0.113. The van der Waals surface area contributed by atoms with Crippen molar-refractivity contribution in [2.45, 2.75) is 44.6 Å². The molecule has 0 radical (unpaired) electrons. The Morgan fingerprint density at radius 1 is 1.41 bits per heavy atom. The van der Waals surface area contributed by atoms with Crippen molar-refractivity contribution >= 4 is 23.5 Å². The lowest BCUT2D eigenvalue weighted by atomic mass is 9.98. The molecule has 2 rings (SSSR count). The van der Waals surface area contributed by atoms with E-state index in [0.29, 0.717) is 6.42 Å². The lowest BCUT2D eigenvalue weighted by Crippen LogP contribution is -2.05.